The summed E-state index contributed by atoms with van der Waals surface area (Å²) in [6.45, 7) is 1.26. The molecular formula is C19H19N5O6S. The first-order chi connectivity index (χ1) is 14.7. The molecule has 0 saturated carbocycles. The van der Waals surface area contributed by atoms with Crippen molar-refractivity contribution in [3.8, 4) is 11.4 Å². The smallest absolute Gasteiger partial charge is 0.271 e. The number of non-ortho nitro benzene ring substituents is 1. The van der Waals surface area contributed by atoms with Crippen molar-refractivity contribution >= 4 is 27.3 Å². The van der Waals surface area contributed by atoms with E-state index in [1.165, 1.54) is 25.1 Å². The monoisotopic (exact) mass is 445 g/mol. The van der Waals surface area contributed by atoms with Crippen LogP contribution in [0.5, 0.6) is 0 Å². The zero-order valence-corrected chi connectivity index (χ0v) is 17.4. The minimum absolute atomic E-state index is 0.00324. The molecule has 0 aliphatic heterocycles. The number of nitro benzene ring substituents is 1. The zero-order valence-electron chi connectivity index (χ0n) is 16.6. The highest BCUT2D eigenvalue weighted by atomic mass is 32.2. The van der Waals surface area contributed by atoms with E-state index in [2.05, 4.69) is 15.5 Å². The van der Waals surface area contributed by atoms with Gasteiger partial charge in [-0.15, -0.1) is 0 Å². The lowest BCUT2D eigenvalue weighted by atomic mass is 10.2. The van der Waals surface area contributed by atoms with Gasteiger partial charge in [-0.1, -0.05) is 41.6 Å². The number of amides is 1. The van der Waals surface area contributed by atoms with Gasteiger partial charge in [0.25, 0.3) is 5.69 Å². The Morgan fingerprint density at radius 3 is 2.58 bits per heavy atom. The van der Waals surface area contributed by atoms with Gasteiger partial charge in [0.2, 0.25) is 27.6 Å². The Balaban J connectivity index is 1.75. The van der Waals surface area contributed by atoms with Crippen LogP contribution in [0.4, 0.5) is 11.4 Å². The predicted molar refractivity (Wildman–Crippen MR) is 111 cm³/mol. The molecule has 0 spiro atoms. The van der Waals surface area contributed by atoms with Gasteiger partial charge in [0.15, 0.2) is 0 Å². The number of carbonyl (C=O) groups excluding carboxylic acids is 1. The van der Waals surface area contributed by atoms with Gasteiger partial charge in [-0.05, 0) is 13.0 Å². The van der Waals surface area contributed by atoms with Gasteiger partial charge < -0.3 is 9.84 Å². The van der Waals surface area contributed by atoms with Crippen LogP contribution in [0.25, 0.3) is 11.4 Å². The molecule has 11 nitrogen and oxygen atoms in total. The van der Waals surface area contributed by atoms with Crippen LogP contribution in [0.1, 0.15) is 12.8 Å². The number of carbonyl (C=O) groups is 1. The molecule has 3 rings (SSSR count). The van der Waals surface area contributed by atoms with Gasteiger partial charge >= 0.3 is 0 Å². The van der Waals surface area contributed by atoms with Crippen molar-refractivity contribution in [2.75, 3.05) is 10.6 Å². The average molecular weight is 445 g/mol. The maximum atomic E-state index is 12.6. The molecule has 0 aliphatic rings. The van der Waals surface area contributed by atoms with Crippen LogP contribution in [-0.2, 0) is 21.4 Å². The van der Waals surface area contributed by atoms with Gasteiger partial charge in [0.1, 0.15) is 6.04 Å². The fourth-order valence-electron chi connectivity index (χ4n) is 2.89. The molecule has 1 aromatic heterocycles. The summed E-state index contributed by atoms with van der Waals surface area (Å²) in [5.41, 5.74) is 0.452. The summed E-state index contributed by atoms with van der Waals surface area (Å²) in [7, 11) is -3.92. The number of anilines is 1. The second kappa shape index (κ2) is 8.92. The third kappa shape index (κ3) is 5.22. The Hall–Kier alpha value is -3.80. The fraction of sp³-hybridized carbons (Fsp3) is 0.211. The number of rotatable bonds is 8. The van der Waals surface area contributed by atoms with E-state index in [0.717, 1.165) is 22.2 Å². The standard InChI is InChI=1S/C19H19N5O6S/c1-13(23(31(2,28)29)15-9-6-10-16(11-15)24(26)27)19(25)20-12-17-21-18(22-30-17)14-7-4-3-5-8-14/h3-11,13H,12H2,1-2H3,(H,20,25)/t13-/m0/s1. The summed E-state index contributed by atoms with van der Waals surface area (Å²) < 4.78 is 30.6. The van der Waals surface area contributed by atoms with Crippen molar-refractivity contribution in [1.82, 2.24) is 15.5 Å². The molecule has 0 fully saturated rings. The van der Waals surface area contributed by atoms with Gasteiger partial charge in [-0.3, -0.25) is 19.2 Å². The molecule has 0 bridgehead atoms. The SMILES string of the molecule is C[C@@H](C(=O)NCc1nc(-c2ccccc2)no1)N(c1cccc([N+](=O)[O-])c1)S(C)(=O)=O. The minimum atomic E-state index is -3.92. The Labute approximate surface area is 177 Å². The van der Waals surface area contributed by atoms with Crippen LogP contribution in [0.2, 0.25) is 0 Å². The zero-order chi connectivity index (χ0) is 22.6. The van der Waals surface area contributed by atoms with Gasteiger partial charge in [-0.25, -0.2) is 8.42 Å². The lowest BCUT2D eigenvalue weighted by Gasteiger charge is -2.27. The minimum Gasteiger partial charge on any atom is -0.345 e. The topological polar surface area (TPSA) is 149 Å². The van der Waals surface area contributed by atoms with Crippen LogP contribution in [0.3, 0.4) is 0 Å². The van der Waals surface area contributed by atoms with Crippen LogP contribution in [0, 0.1) is 10.1 Å². The summed E-state index contributed by atoms with van der Waals surface area (Å²) in [5, 5.41) is 17.4. The maximum Gasteiger partial charge on any atom is 0.271 e. The molecule has 1 amide bonds. The highest BCUT2D eigenvalue weighted by Crippen LogP contribution is 2.25. The molecule has 0 aliphatic carbocycles. The van der Waals surface area contributed by atoms with Crippen molar-refractivity contribution in [3.05, 3.63) is 70.6 Å². The van der Waals surface area contributed by atoms with Gasteiger partial charge in [0.05, 0.1) is 23.4 Å². The van der Waals surface area contributed by atoms with Crippen molar-refractivity contribution in [2.45, 2.75) is 19.5 Å². The number of benzene rings is 2. The number of sulfonamides is 1. The molecule has 1 atom stereocenters. The first-order valence-electron chi connectivity index (χ1n) is 9.06. The van der Waals surface area contributed by atoms with Crippen LogP contribution >= 0.6 is 0 Å². The van der Waals surface area contributed by atoms with E-state index in [0.29, 0.717) is 5.82 Å². The first kappa shape index (κ1) is 21.9. The van der Waals surface area contributed by atoms with Crippen LogP contribution in [-0.4, -0.2) is 41.7 Å². The summed E-state index contributed by atoms with van der Waals surface area (Å²) in [6, 6.07) is 13.0. The van der Waals surface area contributed by atoms with Crippen LogP contribution < -0.4 is 9.62 Å². The van der Waals surface area contributed by atoms with Gasteiger partial charge in [-0.2, -0.15) is 4.98 Å². The quantitative estimate of drug-likeness (QED) is 0.409. The van der Waals surface area contributed by atoms with Crippen molar-refractivity contribution in [2.24, 2.45) is 0 Å². The van der Waals surface area contributed by atoms with E-state index in [9.17, 15) is 23.3 Å². The summed E-state index contributed by atoms with van der Waals surface area (Å²) >= 11 is 0. The van der Waals surface area contributed by atoms with E-state index >= 15 is 0 Å². The Bertz CT molecular complexity index is 1200. The summed E-state index contributed by atoms with van der Waals surface area (Å²) in [5.74, 6) is -0.149. The lowest BCUT2D eigenvalue weighted by molar-refractivity contribution is -0.384. The highest BCUT2D eigenvalue weighted by Gasteiger charge is 2.30. The molecule has 162 valence electrons. The third-order valence-electron chi connectivity index (χ3n) is 4.30. The van der Waals surface area contributed by atoms with E-state index in [1.807, 2.05) is 18.2 Å². The molecule has 0 unspecified atom stereocenters. The molecule has 0 saturated heterocycles. The predicted octanol–water partition coefficient (Wildman–Crippen LogP) is 2.12. The number of hydrogen-bond acceptors (Lipinski definition) is 8. The Morgan fingerprint density at radius 1 is 1.23 bits per heavy atom. The molecule has 1 heterocycles. The lowest BCUT2D eigenvalue weighted by Crippen LogP contribution is -2.47. The highest BCUT2D eigenvalue weighted by molar-refractivity contribution is 7.92. The second-order valence-electron chi connectivity index (χ2n) is 6.61. The Kier molecular flexibility index (Phi) is 6.30. The van der Waals surface area contributed by atoms with Crippen molar-refractivity contribution < 1.29 is 22.7 Å². The Morgan fingerprint density at radius 2 is 1.94 bits per heavy atom. The molecule has 2 aromatic carbocycles. The summed E-state index contributed by atoms with van der Waals surface area (Å²) in [6.07, 6.45) is 0.916. The number of nitro groups is 1. The molecule has 1 N–H and O–H groups in total. The van der Waals surface area contributed by atoms with Gasteiger partial charge in [0, 0.05) is 17.7 Å². The number of nitrogens with one attached hydrogen (secondary N) is 1. The summed E-state index contributed by atoms with van der Waals surface area (Å²) in [4.78, 5) is 27.2. The number of hydrogen-bond donors (Lipinski definition) is 1. The maximum absolute atomic E-state index is 12.6. The van der Waals surface area contributed by atoms with E-state index in [1.54, 1.807) is 12.1 Å². The largest absolute Gasteiger partial charge is 0.345 e. The normalized spacial score (nSPS) is 12.2. The first-order valence-corrected chi connectivity index (χ1v) is 10.9. The van der Waals surface area contributed by atoms with Crippen molar-refractivity contribution in [3.63, 3.8) is 0 Å². The third-order valence-corrected chi connectivity index (χ3v) is 5.54. The molecule has 0 radical (unpaired) electrons. The van der Waals surface area contributed by atoms with Crippen LogP contribution in [0.15, 0.2) is 59.1 Å². The molecule has 12 heteroatoms. The van der Waals surface area contributed by atoms with E-state index in [-0.39, 0.29) is 23.8 Å². The molecule has 31 heavy (non-hydrogen) atoms. The van der Waals surface area contributed by atoms with E-state index in [4.69, 9.17) is 4.52 Å². The van der Waals surface area contributed by atoms with Crippen molar-refractivity contribution in [1.29, 1.82) is 0 Å². The number of aromatic nitrogens is 2. The average Bonchev–Trinajstić information content (AvgIpc) is 3.21. The molecule has 3 aromatic rings. The fourth-order valence-corrected chi connectivity index (χ4v) is 4.06. The molecular weight excluding hydrogens is 426 g/mol. The second-order valence-corrected chi connectivity index (χ2v) is 8.47. The number of nitrogens with zero attached hydrogens (tertiary/aromatic N) is 4. The van der Waals surface area contributed by atoms with E-state index < -0.39 is 26.9 Å².